The zero-order valence-electron chi connectivity index (χ0n) is 16.4. The molecular formula is C23H27FN2O3. The van der Waals surface area contributed by atoms with E-state index in [0.717, 1.165) is 37.8 Å². The molecule has 1 saturated carbocycles. The van der Waals surface area contributed by atoms with Crippen molar-refractivity contribution < 1.29 is 19.0 Å². The summed E-state index contributed by atoms with van der Waals surface area (Å²) in [5.41, 5.74) is 1.10. The molecule has 5 rings (SSSR count). The number of rotatable bonds is 6. The zero-order valence-corrected chi connectivity index (χ0v) is 16.4. The fourth-order valence-corrected chi connectivity index (χ4v) is 4.54. The number of carbonyl (C=O) groups is 1. The summed E-state index contributed by atoms with van der Waals surface area (Å²) in [5.74, 6) is 1.73. The Bertz CT molecular complexity index is 825. The van der Waals surface area contributed by atoms with Crippen molar-refractivity contribution in [2.24, 2.45) is 11.8 Å². The molecule has 2 aromatic carbocycles. The second-order valence-corrected chi connectivity index (χ2v) is 8.02. The lowest BCUT2D eigenvalue weighted by molar-refractivity contribution is 0.00404. The van der Waals surface area contributed by atoms with Gasteiger partial charge in [-0.05, 0) is 73.6 Å². The first-order valence-electron chi connectivity index (χ1n) is 10.3. The van der Waals surface area contributed by atoms with Crippen molar-refractivity contribution in [3.05, 3.63) is 59.9 Å². The van der Waals surface area contributed by atoms with Crippen LogP contribution in [0.15, 0.2) is 48.5 Å². The van der Waals surface area contributed by atoms with E-state index in [9.17, 15) is 14.3 Å². The molecule has 0 aromatic heterocycles. The molecule has 2 aromatic rings. The largest absolute Gasteiger partial charge is 0.457 e. The summed E-state index contributed by atoms with van der Waals surface area (Å²) in [7, 11) is 0. The third-order valence-corrected chi connectivity index (χ3v) is 6.06. The summed E-state index contributed by atoms with van der Waals surface area (Å²) in [4.78, 5) is 14.5. The zero-order chi connectivity index (χ0) is 20.2. The molecule has 2 saturated heterocycles. The van der Waals surface area contributed by atoms with Crippen molar-refractivity contribution >= 4 is 6.03 Å². The van der Waals surface area contributed by atoms with Crippen LogP contribution in [0, 0.1) is 17.7 Å². The standard InChI is InChI=1S/C23H27FN2O3/c24-19-4-8-21(9-5-19)29-20-6-1-16(2-7-20)11-12-25-23(28)26-14-17-3-10-22(26)18(13-17)15-27/h1-2,4-9,17-18,22,27H,3,10-15H2,(H,25,28). The highest BCUT2D eigenvalue weighted by molar-refractivity contribution is 5.75. The SMILES string of the molecule is O=C(NCCc1ccc(Oc2ccc(F)cc2)cc1)N1CC2CCC1C(CO)C2. The third kappa shape index (κ3) is 4.70. The van der Waals surface area contributed by atoms with Crippen LogP contribution in [-0.4, -0.2) is 41.8 Å². The first-order valence-corrected chi connectivity index (χ1v) is 10.3. The Hall–Kier alpha value is -2.60. The van der Waals surface area contributed by atoms with E-state index in [1.807, 2.05) is 29.2 Å². The van der Waals surface area contributed by atoms with Gasteiger partial charge in [-0.1, -0.05) is 12.1 Å². The Morgan fingerprint density at radius 1 is 1.10 bits per heavy atom. The van der Waals surface area contributed by atoms with Crippen molar-refractivity contribution in [1.29, 1.82) is 0 Å². The van der Waals surface area contributed by atoms with Crippen LogP contribution in [-0.2, 0) is 6.42 Å². The summed E-state index contributed by atoms with van der Waals surface area (Å²) in [6.45, 7) is 1.54. The molecule has 2 aliphatic heterocycles. The number of aliphatic hydroxyl groups is 1. The van der Waals surface area contributed by atoms with E-state index in [1.165, 1.54) is 12.1 Å². The molecule has 3 aliphatic rings. The molecule has 6 heteroatoms. The molecule has 154 valence electrons. The predicted octanol–water partition coefficient (Wildman–Crippen LogP) is 3.96. The monoisotopic (exact) mass is 398 g/mol. The number of nitrogens with one attached hydrogen (secondary N) is 1. The number of halogens is 1. The Kier molecular flexibility index (Phi) is 6.00. The van der Waals surface area contributed by atoms with Crippen LogP contribution < -0.4 is 10.1 Å². The molecule has 2 bridgehead atoms. The number of urea groups is 1. The Morgan fingerprint density at radius 3 is 2.45 bits per heavy atom. The molecule has 3 fully saturated rings. The lowest BCUT2D eigenvalue weighted by Crippen LogP contribution is -2.58. The van der Waals surface area contributed by atoms with Gasteiger partial charge in [0.05, 0.1) is 0 Å². The van der Waals surface area contributed by atoms with Crippen molar-refractivity contribution in [2.75, 3.05) is 19.7 Å². The van der Waals surface area contributed by atoms with E-state index >= 15 is 0 Å². The molecule has 0 radical (unpaired) electrons. The van der Waals surface area contributed by atoms with Gasteiger partial charge in [-0.25, -0.2) is 9.18 Å². The Labute approximate surface area is 170 Å². The van der Waals surface area contributed by atoms with Crippen molar-refractivity contribution in [2.45, 2.75) is 31.7 Å². The maximum Gasteiger partial charge on any atom is 0.317 e. The lowest BCUT2D eigenvalue weighted by Gasteiger charge is -2.49. The van der Waals surface area contributed by atoms with Gasteiger partial charge in [0, 0.05) is 31.7 Å². The highest BCUT2D eigenvalue weighted by Crippen LogP contribution is 2.38. The Morgan fingerprint density at radius 2 is 1.79 bits per heavy atom. The minimum atomic E-state index is -0.293. The molecular weight excluding hydrogens is 371 g/mol. The lowest BCUT2D eigenvalue weighted by atomic mass is 9.73. The van der Waals surface area contributed by atoms with E-state index in [4.69, 9.17) is 4.74 Å². The van der Waals surface area contributed by atoms with Crippen molar-refractivity contribution in [3.63, 3.8) is 0 Å². The summed E-state index contributed by atoms with van der Waals surface area (Å²) in [6.07, 6.45) is 3.93. The predicted molar refractivity (Wildman–Crippen MR) is 108 cm³/mol. The first-order chi connectivity index (χ1) is 14.1. The quantitative estimate of drug-likeness (QED) is 0.774. The fourth-order valence-electron chi connectivity index (χ4n) is 4.54. The number of nitrogens with zero attached hydrogens (tertiary/aromatic N) is 1. The van der Waals surface area contributed by atoms with E-state index in [0.29, 0.717) is 24.0 Å². The number of benzene rings is 2. The average Bonchev–Trinajstić information content (AvgIpc) is 2.76. The van der Waals surface area contributed by atoms with Gasteiger partial charge in [-0.2, -0.15) is 0 Å². The maximum atomic E-state index is 13.0. The van der Waals surface area contributed by atoms with Crippen LogP contribution in [0.1, 0.15) is 24.8 Å². The van der Waals surface area contributed by atoms with Gasteiger partial charge in [-0.3, -0.25) is 0 Å². The minimum Gasteiger partial charge on any atom is -0.457 e. The number of hydrogen-bond acceptors (Lipinski definition) is 3. The molecule has 29 heavy (non-hydrogen) atoms. The molecule has 2 heterocycles. The van der Waals surface area contributed by atoms with Gasteiger partial charge in [-0.15, -0.1) is 0 Å². The van der Waals surface area contributed by atoms with Gasteiger partial charge < -0.3 is 20.1 Å². The maximum absolute atomic E-state index is 13.0. The summed E-state index contributed by atoms with van der Waals surface area (Å²) < 4.78 is 18.6. The van der Waals surface area contributed by atoms with Crippen LogP contribution in [0.25, 0.3) is 0 Å². The molecule has 2 N–H and O–H groups in total. The normalized spacial score (nSPS) is 23.1. The topological polar surface area (TPSA) is 61.8 Å². The second kappa shape index (κ2) is 8.82. The highest BCUT2D eigenvalue weighted by Gasteiger charge is 2.42. The summed E-state index contributed by atoms with van der Waals surface area (Å²) in [6, 6.07) is 13.7. The number of ether oxygens (including phenoxy) is 1. The first kappa shape index (κ1) is 19.7. The van der Waals surface area contributed by atoms with Crippen LogP contribution in [0.2, 0.25) is 0 Å². The average molecular weight is 398 g/mol. The van der Waals surface area contributed by atoms with Gasteiger partial charge in [0.25, 0.3) is 0 Å². The van der Waals surface area contributed by atoms with Crippen molar-refractivity contribution in [3.8, 4) is 11.5 Å². The highest BCUT2D eigenvalue weighted by atomic mass is 19.1. The van der Waals surface area contributed by atoms with Crippen LogP contribution in [0.4, 0.5) is 9.18 Å². The third-order valence-electron chi connectivity index (χ3n) is 6.06. The van der Waals surface area contributed by atoms with E-state index in [2.05, 4.69) is 5.32 Å². The van der Waals surface area contributed by atoms with Crippen LogP contribution in [0.3, 0.4) is 0 Å². The van der Waals surface area contributed by atoms with Gasteiger partial charge >= 0.3 is 6.03 Å². The smallest absolute Gasteiger partial charge is 0.317 e. The summed E-state index contributed by atoms with van der Waals surface area (Å²) in [5, 5.41) is 12.6. The Balaban J connectivity index is 1.25. The molecule has 0 spiro atoms. The van der Waals surface area contributed by atoms with Crippen LogP contribution >= 0.6 is 0 Å². The molecule has 5 nitrogen and oxygen atoms in total. The molecule has 3 atom stereocenters. The van der Waals surface area contributed by atoms with E-state index < -0.39 is 0 Å². The summed E-state index contributed by atoms with van der Waals surface area (Å²) >= 11 is 0. The number of piperidine rings is 2. The van der Waals surface area contributed by atoms with Crippen LogP contribution in [0.5, 0.6) is 11.5 Å². The fraction of sp³-hybridized carbons (Fsp3) is 0.435. The number of carbonyl (C=O) groups excluding carboxylic acids is 1. The van der Waals surface area contributed by atoms with Gasteiger partial charge in [0.1, 0.15) is 17.3 Å². The number of fused-ring (bicyclic) bond motifs is 3. The van der Waals surface area contributed by atoms with Crippen molar-refractivity contribution in [1.82, 2.24) is 10.2 Å². The number of amides is 2. The number of aliphatic hydroxyl groups excluding tert-OH is 1. The molecule has 3 unspecified atom stereocenters. The van der Waals surface area contributed by atoms with Gasteiger partial charge in [0.15, 0.2) is 0 Å². The number of hydrogen-bond donors (Lipinski definition) is 2. The van der Waals surface area contributed by atoms with Gasteiger partial charge in [0.2, 0.25) is 0 Å². The minimum absolute atomic E-state index is 0.0193. The van der Waals surface area contributed by atoms with E-state index in [-0.39, 0.29) is 30.4 Å². The molecule has 2 amide bonds. The van der Waals surface area contributed by atoms with E-state index in [1.54, 1.807) is 12.1 Å². The second-order valence-electron chi connectivity index (χ2n) is 8.02. The molecule has 1 aliphatic carbocycles.